The lowest BCUT2D eigenvalue weighted by molar-refractivity contribution is -0.121. The topological polar surface area (TPSA) is 84.3 Å². The molecule has 8 heteroatoms. The molecule has 1 aliphatic rings. The van der Waals surface area contributed by atoms with Crippen molar-refractivity contribution in [1.29, 1.82) is 0 Å². The van der Waals surface area contributed by atoms with Crippen LogP contribution in [0.25, 0.3) is 0 Å². The Labute approximate surface area is 172 Å². The average molecular weight is 406 g/mol. The van der Waals surface area contributed by atoms with E-state index in [0.29, 0.717) is 22.5 Å². The summed E-state index contributed by atoms with van der Waals surface area (Å²) < 4.78 is 15.1. The summed E-state index contributed by atoms with van der Waals surface area (Å²) in [5.74, 6) is -0.959. The van der Waals surface area contributed by atoms with Crippen LogP contribution in [-0.4, -0.2) is 38.7 Å². The summed E-state index contributed by atoms with van der Waals surface area (Å²) in [7, 11) is 1.80. The first-order chi connectivity index (χ1) is 14.5. The summed E-state index contributed by atoms with van der Waals surface area (Å²) in [6.07, 6.45) is 3.29. The van der Waals surface area contributed by atoms with Crippen molar-refractivity contribution in [2.75, 3.05) is 6.54 Å². The monoisotopic (exact) mass is 406 g/mol. The van der Waals surface area contributed by atoms with Gasteiger partial charge in [-0.2, -0.15) is 0 Å². The first kappa shape index (κ1) is 19.5. The van der Waals surface area contributed by atoms with Gasteiger partial charge < -0.3 is 9.88 Å². The van der Waals surface area contributed by atoms with Crippen molar-refractivity contribution in [3.05, 3.63) is 89.3 Å². The van der Waals surface area contributed by atoms with Crippen LogP contribution in [0.1, 0.15) is 44.6 Å². The first-order valence-electron chi connectivity index (χ1n) is 9.43. The van der Waals surface area contributed by atoms with Crippen LogP contribution >= 0.6 is 0 Å². The summed E-state index contributed by atoms with van der Waals surface area (Å²) in [4.78, 5) is 42.9. The van der Waals surface area contributed by atoms with Gasteiger partial charge >= 0.3 is 0 Å². The van der Waals surface area contributed by atoms with Crippen molar-refractivity contribution in [3.8, 4) is 0 Å². The van der Waals surface area contributed by atoms with Crippen molar-refractivity contribution < 1.29 is 18.8 Å². The van der Waals surface area contributed by atoms with Crippen molar-refractivity contribution in [3.63, 3.8) is 0 Å². The predicted octanol–water partition coefficient (Wildman–Crippen LogP) is 2.45. The molecule has 1 atom stereocenters. The van der Waals surface area contributed by atoms with Gasteiger partial charge in [0.05, 0.1) is 11.1 Å². The second kappa shape index (κ2) is 7.90. The van der Waals surface area contributed by atoms with Gasteiger partial charge in [-0.1, -0.05) is 24.3 Å². The van der Waals surface area contributed by atoms with E-state index in [9.17, 15) is 18.8 Å². The zero-order valence-electron chi connectivity index (χ0n) is 16.2. The normalized spacial score (nSPS) is 14.0. The number of fused-ring (bicyclic) bond motifs is 1. The van der Waals surface area contributed by atoms with Crippen LogP contribution < -0.4 is 5.32 Å². The second-order valence-electron chi connectivity index (χ2n) is 7.01. The third-order valence-corrected chi connectivity index (χ3v) is 5.07. The van der Waals surface area contributed by atoms with Gasteiger partial charge in [0.1, 0.15) is 17.7 Å². The molecule has 0 saturated carbocycles. The SMILES string of the molecule is Cn1ccnc1C(NC(=O)CCN1C(=O)c2ccccc2C1=O)c1ccc(F)cc1. The van der Waals surface area contributed by atoms with Crippen LogP contribution in [0.3, 0.4) is 0 Å². The van der Waals surface area contributed by atoms with Crippen molar-refractivity contribution in [1.82, 2.24) is 19.8 Å². The molecule has 0 fully saturated rings. The molecular formula is C22H19FN4O3. The van der Waals surface area contributed by atoms with E-state index < -0.39 is 17.9 Å². The molecule has 2 heterocycles. The minimum atomic E-state index is -0.597. The summed E-state index contributed by atoms with van der Waals surface area (Å²) in [6.45, 7) is -0.0329. The van der Waals surface area contributed by atoms with Crippen LogP contribution in [-0.2, 0) is 11.8 Å². The molecule has 0 saturated heterocycles. The van der Waals surface area contributed by atoms with Gasteiger partial charge in [0.2, 0.25) is 5.91 Å². The number of aromatic nitrogens is 2. The third kappa shape index (κ3) is 3.59. The molecular weight excluding hydrogens is 387 g/mol. The van der Waals surface area contributed by atoms with Gasteiger partial charge in [0, 0.05) is 32.4 Å². The number of carbonyl (C=O) groups is 3. The Hall–Kier alpha value is -3.81. The Balaban J connectivity index is 1.47. The highest BCUT2D eigenvalue weighted by Gasteiger charge is 2.35. The molecule has 3 aromatic rings. The molecule has 1 N–H and O–H groups in total. The predicted molar refractivity (Wildman–Crippen MR) is 106 cm³/mol. The molecule has 0 aliphatic carbocycles. The highest BCUT2D eigenvalue weighted by molar-refractivity contribution is 6.21. The summed E-state index contributed by atoms with van der Waals surface area (Å²) in [6, 6.07) is 11.8. The number of amides is 3. The fourth-order valence-electron chi connectivity index (χ4n) is 3.50. The number of benzene rings is 2. The number of hydrogen-bond acceptors (Lipinski definition) is 4. The fraction of sp³-hybridized carbons (Fsp3) is 0.182. The van der Waals surface area contributed by atoms with Gasteiger partial charge in [0.25, 0.3) is 11.8 Å². The van der Waals surface area contributed by atoms with Gasteiger partial charge in [-0.25, -0.2) is 9.37 Å². The summed E-state index contributed by atoms with van der Waals surface area (Å²) in [5.41, 5.74) is 1.36. The highest BCUT2D eigenvalue weighted by Crippen LogP contribution is 2.23. The molecule has 152 valence electrons. The Bertz CT molecular complexity index is 1090. The average Bonchev–Trinajstić information content (AvgIpc) is 3.27. The molecule has 1 aromatic heterocycles. The number of rotatable bonds is 6. The summed E-state index contributed by atoms with van der Waals surface area (Å²) >= 11 is 0. The minimum absolute atomic E-state index is 0.0329. The zero-order valence-corrected chi connectivity index (χ0v) is 16.2. The zero-order chi connectivity index (χ0) is 21.3. The van der Waals surface area contributed by atoms with Crippen molar-refractivity contribution in [2.24, 2.45) is 7.05 Å². The molecule has 0 bridgehead atoms. The number of nitrogens with zero attached hydrogens (tertiary/aromatic N) is 3. The third-order valence-electron chi connectivity index (χ3n) is 5.07. The van der Waals surface area contributed by atoms with E-state index in [0.717, 1.165) is 4.90 Å². The molecule has 0 radical (unpaired) electrons. The lowest BCUT2D eigenvalue weighted by Crippen LogP contribution is -2.36. The standard InChI is InChI=1S/C22H19FN4O3/c1-26-13-11-24-20(26)19(14-6-8-15(23)9-7-14)25-18(28)10-12-27-21(29)16-4-2-3-5-17(16)22(27)30/h2-9,11,13,19H,10,12H2,1H3,(H,25,28). The van der Waals surface area contributed by atoms with Crippen LogP contribution in [0.4, 0.5) is 4.39 Å². The Morgan fingerprint density at radius 2 is 1.70 bits per heavy atom. The maximum Gasteiger partial charge on any atom is 0.261 e. The number of carbonyl (C=O) groups excluding carboxylic acids is 3. The Morgan fingerprint density at radius 3 is 2.27 bits per heavy atom. The maximum atomic E-state index is 13.3. The maximum absolute atomic E-state index is 13.3. The quantitative estimate of drug-likeness (QED) is 0.638. The smallest absolute Gasteiger partial charge is 0.261 e. The van der Waals surface area contributed by atoms with E-state index in [2.05, 4.69) is 10.3 Å². The Morgan fingerprint density at radius 1 is 1.07 bits per heavy atom. The van der Waals surface area contributed by atoms with Crippen LogP contribution in [0.15, 0.2) is 60.9 Å². The fourth-order valence-corrected chi connectivity index (χ4v) is 3.50. The van der Waals surface area contributed by atoms with Crippen LogP contribution in [0.2, 0.25) is 0 Å². The van der Waals surface area contributed by atoms with Crippen LogP contribution in [0, 0.1) is 5.82 Å². The molecule has 3 amide bonds. The molecule has 1 aliphatic heterocycles. The van der Waals surface area contributed by atoms with Crippen molar-refractivity contribution >= 4 is 17.7 Å². The number of aryl methyl sites for hydroxylation is 1. The number of halogens is 1. The van der Waals surface area contributed by atoms with E-state index in [1.165, 1.54) is 12.1 Å². The van der Waals surface area contributed by atoms with Crippen molar-refractivity contribution in [2.45, 2.75) is 12.5 Å². The molecule has 2 aromatic carbocycles. The second-order valence-corrected chi connectivity index (χ2v) is 7.01. The molecule has 1 unspecified atom stereocenters. The number of hydrogen-bond donors (Lipinski definition) is 1. The Kier molecular flexibility index (Phi) is 5.14. The molecule has 0 spiro atoms. The lowest BCUT2D eigenvalue weighted by atomic mass is 10.1. The van der Waals surface area contributed by atoms with E-state index in [1.807, 2.05) is 0 Å². The molecule has 4 rings (SSSR count). The molecule has 7 nitrogen and oxygen atoms in total. The van der Waals surface area contributed by atoms with Gasteiger partial charge in [-0.3, -0.25) is 19.3 Å². The minimum Gasteiger partial charge on any atom is -0.342 e. The van der Waals surface area contributed by atoms with E-state index >= 15 is 0 Å². The first-order valence-corrected chi connectivity index (χ1v) is 9.43. The summed E-state index contributed by atoms with van der Waals surface area (Å²) in [5, 5.41) is 2.88. The van der Waals surface area contributed by atoms with E-state index in [1.54, 1.807) is 60.4 Å². The number of imide groups is 1. The van der Waals surface area contributed by atoms with Crippen LogP contribution in [0.5, 0.6) is 0 Å². The van der Waals surface area contributed by atoms with Gasteiger partial charge in [-0.15, -0.1) is 0 Å². The number of imidazole rings is 1. The van der Waals surface area contributed by atoms with Gasteiger partial charge in [0.15, 0.2) is 0 Å². The highest BCUT2D eigenvalue weighted by atomic mass is 19.1. The number of nitrogens with one attached hydrogen (secondary N) is 1. The largest absolute Gasteiger partial charge is 0.342 e. The molecule has 30 heavy (non-hydrogen) atoms. The van der Waals surface area contributed by atoms with E-state index in [-0.39, 0.29) is 24.7 Å². The van der Waals surface area contributed by atoms with E-state index in [4.69, 9.17) is 0 Å². The lowest BCUT2D eigenvalue weighted by Gasteiger charge is -2.20. The van der Waals surface area contributed by atoms with Gasteiger partial charge in [-0.05, 0) is 29.8 Å².